The smallest absolute Gasteiger partial charge is 0.305 e. The maximum absolute atomic E-state index is 12.4. The van der Waals surface area contributed by atoms with Gasteiger partial charge in [0.1, 0.15) is 0 Å². The molecule has 0 radical (unpaired) electrons. The Kier molecular flexibility index (Phi) is 65.4. The van der Waals surface area contributed by atoms with Gasteiger partial charge in [-0.3, -0.25) is 9.59 Å². The Bertz CT molecular complexity index is 1200. The highest BCUT2D eigenvalue weighted by atomic mass is 16.5. The molecule has 2 atom stereocenters. The summed E-state index contributed by atoms with van der Waals surface area (Å²) in [5.41, 5.74) is 0. The third kappa shape index (κ3) is 63.4. The van der Waals surface area contributed by atoms with E-state index >= 15 is 0 Å². The highest BCUT2D eigenvalue weighted by Gasteiger charge is 2.20. The fourth-order valence-electron chi connectivity index (χ4n) is 11.1. The number of ether oxygens (including phenoxy) is 1. The number of allylic oxidation sites excluding steroid dienone is 4. The summed E-state index contributed by atoms with van der Waals surface area (Å²) in [5.74, 6) is -0.0189. The maximum Gasteiger partial charge on any atom is 0.305 e. The molecule has 0 aliphatic carbocycles. The van der Waals surface area contributed by atoms with Crippen LogP contribution in [0.4, 0.5) is 0 Å². The molecule has 6 heteroatoms. The summed E-state index contributed by atoms with van der Waals surface area (Å²) < 4.78 is 5.50. The molecule has 0 spiro atoms. The van der Waals surface area contributed by atoms with Crippen molar-refractivity contribution in [2.24, 2.45) is 0 Å². The number of aliphatic hydroxyl groups is 2. The first-order valence-corrected chi connectivity index (χ1v) is 35.1. The summed E-state index contributed by atoms with van der Waals surface area (Å²) in [6.07, 6.45) is 84.0. The Morgan fingerprint density at radius 1 is 0.351 bits per heavy atom. The Morgan fingerprint density at radius 3 is 0.922 bits per heavy atom. The van der Waals surface area contributed by atoms with Gasteiger partial charge in [0.15, 0.2) is 0 Å². The molecule has 0 aromatic rings. The van der Waals surface area contributed by atoms with Crippen LogP contribution in [0, 0.1) is 0 Å². The van der Waals surface area contributed by atoms with Crippen LogP contribution in [0.2, 0.25) is 0 Å². The molecular formula is C71H137NO5. The first-order chi connectivity index (χ1) is 38.0. The number of amides is 1. The van der Waals surface area contributed by atoms with Gasteiger partial charge in [-0.15, -0.1) is 0 Å². The predicted molar refractivity (Wildman–Crippen MR) is 338 cm³/mol. The number of unbranched alkanes of at least 4 members (excludes halogenated alkanes) is 51. The second kappa shape index (κ2) is 66.8. The molecule has 2 unspecified atom stereocenters. The average molecular weight is 1080 g/mol. The van der Waals surface area contributed by atoms with E-state index in [1.54, 1.807) is 0 Å². The minimum absolute atomic E-state index is 0.0133. The van der Waals surface area contributed by atoms with E-state index in [4.69, 9.17) is 4.74 Å². The SMILES string of the molecule is CCCCCCCCC/C=C\CCCCCCCC(=O)OCCCCCCCCCCCCCCCC/C=C\CCCCCCCCCCCCCCCCCCCC(=O)NC(CO)C(O)CCCCCCCCCCC. The summed E-state index contributed by atoms with van der Waals surface area (Å²) in [5, 5.41) is 23.1. The molecule has 0 rings (SSSR count). The van der Waals surface area contributed by atoms with E-state index in [-0.39, 0.29) is 18.5 Å². The van der Waals surface area contributed by atoms with Crippen molar-refractivity contribution < 1.29 is 24.5 Å². The van der Waals surface area contributed by atoms with Gasteiger partial charge in [0, 0.05) is 12.8 Å². The number of aliphatic hydroxyl groups excluding tert-OH is 2. The molecule has 0 aliphatic rings. The highest BCUT2D eigenvalue weighted by molar-refractivity contribution is 5.76. The zero-order valence-corrected chi connectivity index (χ0v) is 52.2. The second-order valence-corrected chi connectivity index (χ2v) is 24.2. The normalized spacial score (nSPS) is 12.6. The minimum Gasteiger partial charge on any atom is -0.466 e. The van der Waals surface area contributed by atoms with Crippen molar-refractivity contribution in [1.82, 2.24) is 5.32 Å². The molecule has 0 heterocycles. The van der Waals surface area contributed by atoms with Crippen LogP contribution in [-0.4, -0.2) is 47.4 Å². The predicted octanol–water partition coefficient (Wildman–Crippen LogP) is 22.5. The summed E-state index contributed by atoms with van der Waals surface area (Å²) in [6.45, 7) is 4.95. The fourth-order valence-corrected chi connectivity index (χ4v) is 11.1. The van der Waals surface area contributed by atoms with Crippen molar-refractivity contribution >= 4 is 11.9 Å². The van der Waals surface area contributed by atoms with Crippen LogP contribution in [0.15, 0.2) is 24.3 Å². The maximum atomic E-state index is 12.4. The topological polar surface area (TPSA) is 95.9 Å². The van der Waals surface area contributed by atoms with Crippen LogP contribution in [0.3, 0.4) is 0 Å². The Balaban J connectivity index is 3.30. The first-order valence-electron chi connectivity index (χ1n) is 35.1. The molecule has 6 nitrogen and oxygen atoms in total. The molecular weight excluding hydrogens is 947 g/mol. The van der Waals surface area contributed by atoms with Crippen LogP contribution in [0.5, 0.6) is 0 Å². The first kappa shape index (κ1) is 75.3. The monoisotopic (exact) mass is 1080 g/mol. The van der Waals surface area contributed by atoms with Gasteiger partial charge in [0.25, 0.3) is 0 Å². The standard InChI is InChI=1S/C71H137NO5/c1-3-5-7-9-11-13-14-15-16-39-42-45-49-53-57-61-65-71(76)77-66-62-58-54-50-46-43-40-37-35-33-31-29-27-25-23-21-19-17-18-20-22-24-26-28-30-32-34-36-38-41-44-48-52-56-60-64-70(75)72-68(67-73)69(74)63-59-55-51-47-12-10-8-6-4-2/h16,19,21,39,68-69,73-74H,3-15,17-18,20,22-38,40-67H2,1-2H3,(H,72,75)/b21-19-,39-16-. The third-order valence-corrected chi connectivity index (χ3v) is 16.5. The van der Waals surface area contributed by atoms with Gasteiger partial charge < -0.3 is 20.3 Å². The molecule has 0 saturated carbocycles. The van der Waals surface area contributed by atoms with Crippen molar-refractivity contribution in [1.29, 1.82) is 0 Å². The molecule has 0 aliphatic heterocycles. The molecule has 0 fully saturated rings. The molecule has 3 N–H and O–H groups in total. The van der Waals surface area contributed by atoms with E-state index in [1.807, 2.05) is 0 Å². The van der Waals surface area contributed by atoms with Gasteiger partial charge in [-0.25, -0.2) is 0 Å². The highest BCUT2D eigenvalue weighted by Crippen LogP contribution is 2.19. The van der Waals surface area contributed by atoms with Crippen molar-refractivity contribution in [3.63, 3.8) is 0 Å². The van der Waals surface area contributed by atoms with Gasteiger partial charge in [-0.05, 0) is 77.0 Å². The molecule has 456 valence electrons. The van der Waals surface area contributed by atoms with E-state index in [9.17, 15) is 19.8 Å². The Labute approximate surface area is 481 Å². The number of nitrogens with one attached hydrogen (secondary N) is 1. The van der Waals surface area contributed by atoms with Gasteiger partial charge in [-0.2, -0.15) is 0 Å². The van der Waals surface area contributed by atoms with Crippen molar-refractivity contribution in [2.45, 2.75) is 405 Å². The lowest BCUT2D eigenvalue weighted by Gasteiger charge is -2.22. The Hall–Kier alpha value is -1.66. The fraction of sp³-hybridized carbons (Fsp3) is 0.915. The Morgan fingerprint density at radius 2 is 0.610 bits per heavy atom. The van der Waals surface area contributed by atoms with Gasteiger partial charge in [0.2, 0.25) is 5.91 Å². The lowest BCUT2D eigenvalue weighted by atomic mass is 10.0. The number of carbonyl (C=O) groups excluding carboxylic acids is 2. The van der Waals surface area contributed by atoms with Crippen LogP contribution < -0.4 is 5.32 Å². The van der Waals surface area contributed by atoms with Crippen LogP contribution in [0.1, 0.15) is 393 Å². The number of carbonyl (C=O) groups is 2. The number of hydrogen-bond donors (Lipinski definition) is 3. The minimum atomic E-state index is -0.659. The summed E-state index contributed by atoms with van der Waals surface area (Å²) in [6, 6.07) is -0.536. The van der Waals surface area contributed by atoms with E-state index < -0.39 is 12.1 Å². The van der Waals surface area contributed by atoms with Gasteiger partial charge in [-0.1, -0.05) is 327 Å². The number of hydrogen-bond acceptors (Lipinski definition) is 5. The molecule has 0 bridgehead atoms. The lowest BCUT2D eigenvalue weighted by molar-refractivity contribution is -0.143. The van der Waals surface area contributed by atoms with E-state index in [1.165, 1.54) is 315 Å². The van der Waals surface area contributed by atoms with E-state index in [0.29, 0.717) is 25.9 Å². The third-order valence-electron chi connectivity index (χ3n) is 16.5. The van der Waals surface area contributed by atoms with Crippen LogP contribution >= 0.6 is 0 Å². The van der Waals surface area contributed by atoms with Crippen LogP contribution in [-0.2, 0) is 14.3 Å². The van der Waals surface area contributed by atoms with E-state index in [0.717, 1.165) is 44.9 Å². The summed E-state index contributed by atoms with van der Waals surface area (Å²) in [7, 11) is 0. The number of rotatable bonds is 66. The molecule has 1 amide bonds. The van der Waals surface area contributed by atoms with Gasteiger partial charge in [0.05, 0.1) is 25.4 Å². The largest absolute Gasteiger partial charge is 0.466 e. The van der Waals surface area contributed by atoms with Gasteiger partial charge >= 0.3 is 5.97 Å². The average Bonchev–Trinajstić information content (AvgIpc) is 3.43. The zero-order chi connectivity index (χ0) is 55.7. The summed E-state index contributed by atoms with van der Waals surface area (Å²) in [4.78, 5) is 24.5. The molecule has 0 aromatic heterocycles. The zero-order valence-electron chi connectivity index (χ0n) is 52.2. The van der Waals surface area contributed by atoms with Crippen molar-refractivity contribution in [3.05, 3.63) is 24.3 Å². The van der Waals surface area contributed by atoms with Crippen LogP contribution in [0.25, 0.3) is 0 Å². The molecule has 0 saturated heterocycles. The lowest BCUT2D eigenvalue weighted by Crippen LogP contribution is -2.45. The van der Waals surface area contributed by atoms with E-state index in [2.05, 4.69) is 43.5 Å². The van der Waals surface area contributed by atoms with Crippen molar-refractivity contribution in [3.8, 4) is 0 Å². The summed E-state index contributed by atoms with van der Waals surface area (Å²) >= 11 is 0. The molecule has 0 aromatic carbocycles. The number of esters is 1. The molecule has 77 heavy (non-hydrogen) atoms. The second-order valence-electron chi connectivity index (χ2n) is 24.2. The van der Waals surface area contributed by atoms with Crippen molar-refractivity contribution in [2.75, 3.05) is 13.2 Å². The quantitative estimate of drug-likeness (QED) is 0.0320.